The highest BCUT2D eigenvalue weighted by Gasteiger charge is 2.37. The molecule has 1 aliphatic carbocycles. The highest BCUT2D eigenvalue weighted by molar-refractivity contribution is 7.89. The molecule has 8 heteroatoms. The summed E-state index contributed by atoms with van der Waals surface area (Å²) in [5.41, 5.74) is 4.83. The van der Waals surface area contributed by atoms with Crippen LogP contribution >= 0.6 is 0 Å². The third-order valence-electron chi connectivity index (χ3n) is 3.64. The minimum Gasteiger partial charge on any atom is -0.329 e. The van der Waals surface area contributed by atoms with Crippen LogP contribution in [0.2, 0.25) is 0 Å². The Hall–Kier alpha value is -1.51. The van der Waals surface area contributed by atoms with Crippen molar-refractivity contribution in [1.29, 1.82) is 0 Å². The summed E-state index contributed by atoms with van der Waals surface area (Å²) in [4.78, 5) is 9.99. The van der Waals surface area contributed by atoms with Gasteiger partial charge in [-0.25, -0.2) is 13.1 Å². The fourth-order valence-corrected chi connectivity index (χ4v) is 4.02. The second-order valence-electron chi connectivity index (χ2n) is 5.05. The molecule has 20 heavy (non-hydrogen) atoms. The quantitative estimate of drug-likeness (QED) is 0.625. The minimum absolute atomic E-state index is 0.105. The predicted molar refractivity (Wildman–Crippen MR) is 73.7 cm³/mol. The molecule has 1 aromatic rings. The summed E-state index contributed by atoms with van der Waals surface area (Å²) in [5.74, 6) is 0. The van der Waals surface area contributed by atoms with Crippen molar-refractivity contribution in [3.05, 3.63) is 34.4 Å². The van der Waals surface area contributed by atoms with Crippen LogP contribution in [-0.4, -0.2) is 25.4 Å². The van der Waals surface area contributed by atoms with Crippen LogP contribution < -0.4 is 10.5 Å². The zero-order valence-corrected chi connectivity index (χ0v) is 11.7. The Bertz CT molecular complexity index is 609. The molecule has 7 nitrogen and oxygen atoms in total. The first-order valence-corrected chi connectivity index (χ1v) is 7.85. The second-order valence-corrected chi connectivity index (χ2v) is 6.73. The standard InChI is InChI=1S/C12H17N3O4S/c13-9-12(6-1-2-7-12)14-20(18,19)11-5-3-4-10(8-11)15(16)17/h3-5,8,14H,1-2,6-7,9,13H2. The van der Waals surface area contributed by atoms with Crippen LogP contribution in [-0.2, 0) is 10.0 Å². The van der Waals surface area contributed by atoms with Gasteiger partial charge in [-0.05, 0) is 18.9 Å². The summed E-state index contributed by atoms with van der Waals surface area (Å²) >= 11 is 0. The van der Waals surface area contributed by atoms with E-state index in [1.54, 1.807) is 0 Å². The Balaban J connectivity index is 2.30. The molecule has 0 aliphatic heterocycles. The van der Waals surface area contributed by atoms with Crippen LogP contribution in [0.15, 0.2) is 29.2 Å². The monoisotopic (exact) mass is 299 g/mol. The number of non-ortho nitro benzene ring substituents is 1. The fraction of sp³-hybridized carbons (Fsp3) is 0.500. The number of nitrogens with zero attached hydrogens (tertiary/aromatic N) is 1. The van der Waals surface area contributed by atoms with E-state index in [1.807, 2.05) is 0 Å². The van der Waals surface area contributed by atoms with E-state index in [0.29, 0.717) is 12.8 Å². The summed E-state index contributed by atoms with van der Waals surface area (Å²) < 4.78 is 27.3. The molecule has 0 bridgehead atoms. The molecule has 0 spiro atoms. The lowest BCUT2D eigenvalue weighted by molar-refractivity contribution is -0.385. The van der Waals surface area contributed by atoms with Gasteiger partial charge in [-0.2, -0.15) is 0 Å². The summed E-state index contributed by atoms with van der Waals surface area (Å²) in [7, 11) is -3.80. The van der Waals surface area contributed by atoms with E-state index in [4.69, 9.17) is 5.73 Å². The first-order chi connectivity index (χ1) is 9.38. The molecule has 1 fully saturated rings. The van der Waals surface area contributed by atoms with Gasteiger partial charge >= 0.3 is 0 Å². The molecule has 0 atom stereocenters. The number of rotatable bonds is 5. The van der Waals surface area contributed by atoms with E-state index < -0.39 is 20.5 Å². The molecule has 0 aromatic heterocycles. The van der Waals surface area contributed by atoms with Gasteiger partial charge in [-0.1, -0.05) is 18.9 Å². The van der Waals surface area contributed by atoms with Gasteiger partial charge in [0.1, 0.15) is 0 Å². The van der Waals surface area contributed by atoms with Gasteiger partial charge in [0.05, 0.1) is 9.82 Å². The average molecular weight is 299 g/mol. The van der Waals surface area contributed by atoms with Crippen LogP contribution in [0.4, 0.5) is 5.69 Å². The number of nitro benzene ring substituents is 1. The first-order valence-electron chi connectivity index (χ1n) is 6.37. The van der Waals surface area contributed by atoms with Crippen LogP contribution in [0.1, 0.15) is 25.7 Å². The van der Waals surface area contributed by atoms with E-state index in [9.17, 15) is 18.5 Å². The number of hydrogen-bond donors (Lipinski definition) is 2. The van der Waals surface area contributed by atoms with Crippen LogP contribution in [0.5, 0.6) is 0 Å². The maximum absolute atomic E-state index is 12.3. The summed E-state index contributed by atoms with van der Waals surface area (Å²) in [5, 5.41) is 10.7. The Morgan fingerprint density at radius 2 is 2.00 bits per heavy atom. The van der Waals surface area contributed by atoms with Gasteiger partial charge in [0, 0.05) is 24.2 Å². The molecule has 0 amide bonds. The van der Waals surface area contributed by atoms with E-state index >= 15 is 0 Å². The predicted octanol–water partition coefficient (Wildman–Crippen LogP) is 1.14. The van der Waals surface area contributed by atoms with E-state index in [-0.39, 0.29) is 17.1 Å². The molecule has 3 N–H and O–H groups in total. The Morgan fingerprint density at radius 1 is 1.35 bits per heavy atom. The van der Waals surface area contributed by atoms with Gasteiger partial charge in [-0.3, -0.25) is 10.1 Å². The fourth-order valence-electron chi connectivity index (χ4n) is 2.51. The SMILES string of the molecule is NCC1(NS(=O)(=O)c2cccc([N+](=O)[O-])c2)CCCC1. The normalized spacial score (nSPS) is 18.1. The molecule has 0 heterocycles. The Kier molecular flexibility index (Phi) is 4.07. The van der Waals surface area contributed by atoms with E-state index in [1.165, 1.54) is 18.2 Å². The third kappa shape index (κ3) is 2.97. The second kappa shape index (κ2) is 5.47. The maximum Gasteiger partial charge on any atom is 0.270 e. The van der Waals surface area contributed by atoms with Crippen molar-refractivity contribution >= 4 is 15.7 Å². The van der Waals surface area contributed by atoms with Gasteiger partial charge in [0.15, 0.2) is 0 Å². The van der Waals surface area contributed by atoms with Gasteiger partial charge in [0.25, 0.3) is 5.69 Å². The summed E-state index contributed by atoms with van der Waals surface area (Å²) in [6.07, 6.45) is 3.23. The van der Waals surface area contributed by atoms with Gasteiger partial charge < -0.3 is 5.73 Å². The lowest BCUT2D eigenvalue weighted by atomic mass is 10.0. The molecule has 1 saturated carbocycles. The Morgan fingerprint density at radius 3 is 2.55 bits per heavy atom. The van der Waals surface area contributed by atoms with Crippen molar-refractivity contribution < 1.29 is 13.3 Å². The molecule has 0 saturated heterocycles. The highest BCUT2D eigenvalue weighted by Crippen LogP contribution is 2.30. The topological polar surface area (TPSA) is 115 Å². The molecule has 0 unspecified atom stereocenters. The van der Waals surface area contributed by atoms with E-state index in [0.717, 1.165) is 18.9 Å². The largest absolute Gasteiger partial charge is 0.329 e. The lowest BCUT2D eigenvalue weighted by Crippen LogP contribution is -2.51. The zero-order chi connectivity index (χ0) is 14.8. The molecule has 0 radical (unpaired) electrons. The molecule has 110 valence electrons. The number of hydrogen-bond acceptors (Lipinski definition) is 5. The number of benzene rings is 1. The first kappa shape index (κ1) is 14.9. The number of nitrogens with two attached hydrogens (primary N) is 1. The molecule has 1 aliphatic rings. The van der Waals surface area contributed by atoms with Crippen LogP contribution in [0.25, 0.3) is 0 Å². The van der Waals surface area contributed by atoms with Crippen LogP contribution in [0, 0.1) is 10.1 Å². The van der Waals surface area contributed by atoms with Crippen molar-refractivity contribution in [2.75, 3.05) is 6.54 Å². The maximum atomic E-state index is 12.3. The third-order valence-corrected chi connectivity index (χ3v) is 5.22. The van der Waals surface area contributed by atoms with Crippen molar-refractivity contribution in [3.63, 3.8) is 0 Å². The summed E-state index contributed by atoms with van der Waals surface area (Å²) in [6.45, 7) is 0.223. The average Bonchev–Trinajstić information content (AvgIpc) is 2.87. The minimum atomic E-state index is -3.80. The molecular formula is C12H17N3O4S. The van der Waals surface area contributed by atoms with Crippen molar-refractivity contribution in [1.82, 2.24) is 4.72 Å². The number of nitrogens with one attached hydrogen (secondary N) is 1. The van der Waals surface area contributed by atoms with Crippen LogP contribution in [0.3, 0.4) is 0 Å². The smallest absolute Gasteiger partial charge is 0.270 e. The van der Waals surface area contributed by atoms with E-state index in [2.05, 4.69) is 4.72 Å². The molecule has 1 aromatic carbocycles. The van der Waals surface area contributed by atoms with Crippen molar-refractivity contribution in [2.24, 2.45) is 5.73 Å². The number of sulfonamides is 1. The lowest BCUT2D eigenvalue weighted by Gasteiger charge is -2.28. The van der Waals surface area contributed by atoms with Gasteiger partial charge in [0.2, 0.25) is 10.0 Å². The molecular weight excluding hydrogens is 282 g/mol. The van der Waals surface area contributed by atoms with Crippen molar-refractivity contribution in [3.8, 4) is 0 Å². The highest BCUT2D eigenvalue weighted by atomic mass is 32.2. The van der Waals surface area contributed by atoms with Crippen molar-refractivity contribution in [2.45, 2.75) is 36.1 Å². The van der Waals surface area contributed by atoms with Gasteiger partial charge in [-0.15, -0.1) is 0 Å². The molecule has 2 rings (SSSR count). The Labute approximate surface area is 117 Å². The zero-order valence-electron chi connectivity index (χ0n) is 10.9. The number of nitro groups is 1. The summed E-state index contributed by atoms with van der Waals surface area (Å²) in [6, 6.07) is 5.01.